The summed E-state index contributed by atoms with van der Waals surface area (Å²) < 4.78 is 0. The van der Waals surface area contributed by atoms with Gasteiger partial charge in [-0.3, -0.25) is 9.78 Å². The van der Waals surface area contributed by atoms with E-state index in [2.05, 4.69) is 9.97 Å². The molecule has 1 saturated heterocycles. The van der Waals surface area contributed by atoms with Crippen molar-refractivity contribution >= 4 is 16.9 Å². The van der Waals surface area contributed by atoms with Gasteiger partial charge in [0.25, 0.3) is 5.91 Å². The summed E-state index contributed by atoms with van der Waals surface area (Å²) in [5, 5.41) is 9.16. The molecule has 1 aliphatic rings. The van der Waals surface area contributed by atoms with Gasteiger partial charge in [-0.25, -0.2) is 4.98 Å². The first-order valence-corrected chi connectivity index (χ1v) is 5.43. The minimum atomic E-state index is -0.396. The minimum absolute atomic E-state index is 0.173. The van der Waals surface area contributed by atoms with Gasteiger partial charge in [-0.2, -0.15) is 0 Å². The van der Waals surface area contributed by atoms with E-state index < -0.39 is 6.10 Å². The largest absolute Gasteiger partial charge is 0.389 e. The molecule has 1 N–H and O–H groups in total. The van der Waals surface area contributed by atoms with Crippen molar-refractivity contribution in [3.63, 3.8) is 0 Å². The predicted molar refractivity (Wildman–Crippen MR) is 61.4 cm³/mol. The third kappa shape index (κ3) is 1.74. The topological polar surface area (TPSA) is 66.3 Å². The van der Waals surface area contributed by atoms with Crippen molar-refractivity contribution < 1.29 is 9.90 Å². The molecule has 86 valence electrons. The molecule has 17 heavy (non-hydrogen) atoms. The quantitative estimate of drug-likeness (QED) is 0.770. The molecule has 0 radical (unpaired) electrons. The number of carbonyl (C=O) groups excluding carboxylic acids is 1. The summed E-state index contributed by atoms with van der Waals surface area (Å²) in [6, 6.07) is 7.41. The van der Waals surface area contributed by atoms with E-state index in [-0.39, 0.29) is 5.91 Å². The van der Waals surface area contributed by atoms with E-state index in [0.29, 0.717) is 24.3 Å². The van der Waals surface area contributed by atoms with Crippen molar-refractivity contribution in [2.45, 2.75) is 6.10 Å². The van der Waals surface area contributed by atoms with Gasteiger partial charge in [-0.05, 0) is 12.1 Å². The monoisotopic (exact) mass is 229 g/mol. The van der Waals surface area contributed by atoms with Gasteiger partial charge in [0.2, 0.25) is 0 Å². The van der Waals surface area contributed by atoms with E-state index in [1.54, 1.807) is 4.90 Å². The molecular formula is C12H11N3O2. The average Bonchev–Trinajstić information content (AvgIpc) is 2.33. The van der Waals surface area contributed by atoms with Crippen molar-refractivity contribution in [2.75, 3.05) is 13.1 Å². The smallest absolute Gasteiger partial charge is 0.274 e. The maximum absolute atomic E-state index is 11.9. The number of hydrogen-bond donors (Lipinski definition) is 1. The van der Waals surface area contributed by atoms with Crippen LogP contribution in [0.1, 0.15) is 10.5 Å². The average molecular weight is 229 g/mol. The lowest BCUT2D eigenvalue weighted by Crippen LogP contribution is -2.53. The van der Waals surface area contributed by atoms with E-state index in [9.17, 15) is 4.79 Å². The molecule has 0 atom stereocenters. The van der Waals surface area contributed by atoms with Crippen molar-refractivity contribution in [1.29, 1.82) is 0 Å². The van der Waals surface area contributed by atoms with Crippen LogP contribution >= 0.6 is 0 Å². The van der Waals surface area contributed by atoms with Crippen LogP contribution in [0, 0.1) is 0 Å². The highest BCUT2D eigenvalue weighted by Crippen LogP contribution is 2.14. The van der Waals surface area contributed by atoms with Crippen LogP contribution in [0.2, 0.25) is 0 Å². The summed E-state index contributed by atoms with van der Waals surface area (Å²) in [7, 11) is 0. The van der Waals surface area contributed by atoms with Crippen LogP contribution in [0.15, 0.2) is 30.5 Å². The zero-order chi connectivity index (χ0) is 11.8. The second kappa shape index (κ2) is 3.78. The van der Waals surface area contributed by atoms with Crippen LogP contribution in [0.5, 0.6) is 0 Å². The molecule has 0 unspecified atom stereocenters. The highest BCUT2D eigenvalue weighted by molar-refractivity contribution is 5.94. The Bertz CT molecular complexity index is 579. The van der Waals surface area contributed by atoms with Crippen LogP contribution < -0.4 is 0 Å². The fourth-order valence-corrected chi connectivity index (χ4v) is 1.84. The Kier molecular flexibility index (Phi) is 2.26. The van der Waals surface area contributed by atoms with Gasteiger partial charge < -0.3 is 10.0 Å². The molecule has 0 saturated carbocycles. The van der Waals surface area contributed by atoms with Crippen molar-refractivity contribution in [1.82, 2.24) is 14.9 Å². The minimum Gasteiger partial charge on any atom is -0.389 e. The molecule has 5 heteroatoms. The maximum Gasteiger partial charge on any atom is 0.274 e. The highest BCUT2D eigenvalue weighted by atomic mass is 16.3. The summed E-state index contributed by atoms with van der Waals surface area (Å²) in [6.45, 7) is 0.765. The van der Waals surface area contributed by atoms with Gasteiger partial charge in [0, 0.05) is 13.1 Å². The molecule has 5 nitrogen and oxygen atoms in total. The first kappa shape index (κ1) is 10.2. The van der Waals surface area contributed by atoms with E-state index in [4.69, 9.17) is 5.11 Å². The van der Waals surface area contributed by atoms with Crippen molar-refractivity contribution in [2.24, 2.45) is 0 Å². The second-order valence-corrected chi connectivity index (χ2v) is 4.11. The molecule has 1 aliphatic heterocycles. The van der Waals surface area contributed by atoms with Gasteiger partial charge in [0.05, 0.1) is 23.3 Å². The fourth-order valence-electron chi connectivity index (χ4n) is 1.84. The first-order chi connectivity index (χ1) is 8.24. The fraction of sp³-hybridized carbons (Fsp3) is 0.250. The maximum atomic E-state index is 11.9. The lowest BCUT2D eigenvalue weighted by molar-refractivity contribution is 0.00550. The SMILES string of the molecule is O=C(c1cnc2ccccc2n1)N1CC(O)C1. The zero-order valence-corrected chi connectivity index (χ0v) is 9.08. The van der Waals surface area contributed by atoms with E-state index in [1.807, 2.05) is 24.3 Å². The molecule has 1 fully saturated rings. The van der Waals surface area contributed by atoms with Gasteiger partial charge in [0.15, 0.2) is 0 Å². The van der Waals surface area contributed by atoms with Gasteiger partial charge in [0.1, 0.15) is 5.69 Å². The Balaban J connectivity index is 1.92. The lowest BCUT2D eigenvalue weighted by atomic mass is 10.1. The van der Waals surface area contributed by atoms with Crippen LogP contribution in [0.4, 0.5) is 0 Å². The Morgan fingerprint density at radius 1 is 1.29 bits per heavy atom. The number of fused-ring (bicyclic) bond motifs is 1. The number of amides is 1. The number of carbonyl (C=O) groups is 1. The number of rotatable bonds is 1. The number of nitrogens with zero attached hydrogens (tertiary/aromatic N) is 3. The number of likely N-dealkylation sites (tertiary alicyclic amines) is 1. The van der Waals surface area contributed by atoms with Crippen molar-refractivity contribution in [3.05, 3.63) is 36.2 Å². The number of aliphatic hydroxyl groups is 1. The normalized spacial score (nSPS) is 15.9. The summed E-state index contributed by atoms with van der Waals surface area (Å²) in [5.74, 6) is -0.173. The summed E-state index contributed by atoms with van der Waals surface area (Å²) in [4.78, 5) is 21.9. The molecule has 1 aromatic carbocycles. The standard InChI is InChI=1S/C12H11N3O2/c16-8-6-15(7-8)12(17)11-5-13-9-3-1-2-4-10(9)14-11/h1-5,8,16H,6-7H2. The molecule has 2 heterocycles. The Hall–Kier alpha value is -2.01. The molecule has 0 spiro atoms. The Morgan fingerprint density at radius 2 is 2.00 bits per heavy atom. The van der Waals surface area contributed by atoms with E-state index in [1.165, 1.54) is 6.20 Å². The Morgan fingerprint density at radius 3 is 2.71 bits per heavy atom. The molecule has 3 rings (SSSR count). The molecule has 0 aliphatic carbocycles. The number of β-amino-alcohol motifs (C(OH)–C–C–N with tert-alkyl or cyclic N) is 1. The van der Waals surface area contributed by atoms with Crippen LogP contribution in [0.25, 0.3) is 11.0 Å². The van der Waals surface area contributed by atoms with E-state index >= 15 is 0 Å². The molecule has 0 bridgehead atoms. The lowest BCUT2D eigenvalue weighted by Gasteiger charge is -2.35. The number of para-hydroxylation sites is 2. The third-order valence-corrected chi connectivity index (χ3v) is 2.82. The predicted octanol–water partition coefficient (Wildman–Crippen LogP) is 0.446. The zero-order valence-electron chi connectivity index (χ0n) is 9.08. The number of aromatic nitrogens is 2. The van der Waals surface area contributed by atoms with Gasteiger partial charge in [-0.15, -0.1) is 0 Å². The van der Waals surface area contributed by atoms with Crippen LogP contribution in [0.3, 0.4) is 0 Å². The Labute approximate surface area is 97.7 Å². The number of aliphatic hydroxyl groups excluding tert-OH is 1. The summed E-state index contributed by atoms with van der Waals surface area (Å²) >= 11 is 0. The molecule has 1 aromatic heterocycles. The van der Waals surface area contributed by atoms with Crippen molar-refractivity contribution in [3.8, 4) is 0 Å². The summed E-state index contributed by atoms with van der Waals surface area (Å²) in [5.41, 5.74) is 1.81. The van der Waals surface area contributed by atoms with Gasteiger partial charge >= 0.3 is 0 Å². The van der Waals surface area contributed by atoms with Crippen LogP contribution in [-0.4, -0.2) is 45.1 Å². The third-order valence-electron chi connectivity index (χ3n) is 2.82. The number of hydrogen-bond acceptors (Lipinski definition) is 4. The molecular weight excluding hydrogens is 218 g/mol. The molecule has 1 amide bonds. The highest BCUT2D eigenvalue weighted by Gasteiger charge is 2.30. The van der Waals surface area contributed by atoms with E-state index in [0.717, 1.165) is 5.52 Å². The van der Waals surface area contributed by atoms with Crippen LogP contribution in [-0.2, 0) is 0 Å². The first-order valence-electron chi connectivity index (χ1n) is 5.43. The second-order valence-electron chi connectivity index (χ2n) is 4.11. The van der Waals surface area contributed by atoms with Gasteiger partial charge in [-0.1, -0.05) is 12.1 Å². The summed E-state index contributed by atoms with van der Waals surface area (Å²) in [6.07, 6.45) is 1.09. The number of benzene rings is 1. The molecule has 2 aromatic rings.